The lowest BCUT2D eigenvalue weighted by Crippen LogP contribution is -2.56. The standard InChI is InChI=1S/C16H25N3O/c1-11(2)18-15(17)19-13-10-14(16(13,3)4)20-12-8-6-5-7-9-12/h5-9,11,13-14H,10H2,1-4H3,(H3,17,18,19)/t13-,14+/m0/s1. The van der Waals surface area contributed by atoms with E-state index in [2.05, 4.69) is 38.0 Å². The van der Waals surface area contributed by atoms with E-state index in [-0.39, 0.29) is 17.6 Å². The summed E-state index contributed by atoms with van der Waals surface area (Å²) in [6, 6.07) is 10.5. The Balaban J connectivity index is 1.95. The van der Waals surface area contributed by atoms with Gasteiger partial charge in [0.2, 0.25) is 0 Å². The quantitative estimate of drug-likeness (QED) is 0.656. The average Bonchev–Trinajstić information content (AvgIpc) is 2.38. The molecule has 2 rings (SSSR count). The van der Waals surface area contributed by atoms with Crippen LogP contribution in [0.1, 0.15) is 34.1 Å². The highest BCUT2D eigenvalue weighted by Crippen LogP contribution is 2.45. The van der Waals surface area contributed by atoms with E-state index in [0.717, 1.165) is 12.2 Å². The Morgan fingerprint density at radius 2 is 2.00 bits per heavy atom. The minimum atomic E-state index is -0.000872. The predicted molar refractivity (Wildman–Crippen MR) is 82.9 cm³/mol. The molecule has 0 unspecified atom stereocenters. The number of nitrogens with one attached hydrogen (secondary N) is 1. The molecule has 0 aliphatic heterocycles. The molecule has 0 saturated heterocycles. The SMILES string of the molecule is CC(C)NC(N)=N[C@H]1C[C@@H](Oc2ccccc2)C1(C)C. The van der Waals surface area contributed by atoms with Crippen molar-refractivity contribution in [2.75, 3.05) is 0 Å². The lowest BCUT2D eigenvalue weighted by atomic mass is 9.64. The maximum absolute atomic E-state index is 6.03. The molecule has 4 nitrogen and oxygen atoms in total. The van der Waals surface area contributed by atoms with Crippen LogP contribution in [-0.4, -0.2) is 24.1 Å². The van der Waals surface area contributed by atoms with E-state index in [4.69, 9.17) is 10.5 Å². The molecule has 20 heavy (non-hydrogen) atoms. The first-order valence-electron chi connectivity index (χ1n) is 7.21. The Labute approximate surface area is 121 Å². The summed E-state index contributed by atoms with van der Waals surface area (Å²) in [6.45, 7) is 8.47. The van der Waals surface area contributed by atoms with E-state index in [1.807, 2.05) is 30.3 Å². The minimum absolute atomic E-state index is 0.000872. The van der Waals surface area contributed by atoms with Crippen molar-refractivity contribution in [3.8, 4) is 5.75 Å². The van der Waals surface area contributed by atoms with Crippen molar-refractivity contribution < 1.29 is 4.74 Å². The van der Waals surface area contributed by atoms with Crippen LogP contribution in [0.5, 0.6) is 5.75 Å². The Morgan fingerprint density at radius 3 is 2.55 bits per heavy atom. The Kier molecular flexibility index (Phi) is 4.21. The van der Waals surface area contributed by atoms with Crippen LogP contribution in [0.15, 0.2) is 35.3 Å². The van der Waals surface area contributed by atoms with Crippen molar-refractivity contribution >= 4 is 5.96 Å². The minimum Gasteiger partial charge on any atom is -0.490 e. The van der Waals surface area contributed by atoms with Gasteiger partial charge >= 0.3 is 0 Å². The van der Waals surface area contributed by atoms with Crippen LogP contribution < -0.4 is 15.8 Å². The molecule has 1 aromatic carbocycles. The molecule has 0 heterocycles. The van der Waals surface area contributed by atoms with Gasteiger partial charge in [-0.3, -0.25) is 0 Å². The van der Waals surface area contributed by atoms with Crippen molar-refractivity contribution in [1.82, 2.24) is 5.32 Å². The first-order valence-corrected chi connectivity index (χ1v) is 7.21. The van der Waals surface area contributed by atoms with Gasteiger partial charge < -0.3 is 15.8 Å². The average molecular weight is 275 g/mol. The fourth-order valence-electron chi connectivity index (χ4n) is 2.45. The van der Waals surface area contributed by atoms with Crippen molar-refractivity contribution in [3.05, 3.63) is 30.3 Å². The van der Waals surface area contributed by atoms with E-state index in [0.29, 0.717) is 12.0 Å². The van der Waals surface area contributed by atoms with Gasteiger partial charge in [0.15, 0.2) is 5.96 Å². The first kappa shape index (κ1) is 14.7. The Hall–Kier alpha value is -1.71. The molecule has 110 valence electrons. The molecule has 1 fully saturated rings. The fourth-order valence-corrected chi connectivity index (χ4v) is 2.45. The molecule has 0 bridgehead atoms. The Bertz CT molecular complexity index is 468. The number of nitrogens with two attached hydrogens (primary N) is 1. The third-order valence-electron chi connectivity index (χ3n) is 3.88. The van der Waals surface area contributed by atoms with Gasteiger partial charge in [-0.25, -0.2) is 4.99 Å². The first-order chi connectivity index (χ1) is 9.39. The topological polar surface area (TPSA) is 59.6 Å². The van der Waals surface area contributed by atoms with Gasteiger partial charge in [0.1, 0.15) is 11.9 Å². The summed E-state index contributed by atoms with van der Waals surface area (Å²) in [4.78, 5) is 4.57. The molecular weight excluding hydrogens is 250 g/mol. The summed E-state index contributed by atoms with van der Waals surface area (Å²) >= 11 is 0. The maximum Gasteiger partial charge on any atom is 0.189 e. The molecule has 1 aliphatic carbocycles. The molecule has 2 atom stereocenters. The second-order valence-corrected chi connectivity index (χ2v) is 6.31. The van der Waals surface area contributed by atoms with E-state index in [1.54, 1.807) is 0 Å². The summed E-state index contributed by atoms with van der Waals surface area (Å²) in [6.07, 6.45) is 1.09. The van der Waals surface area contributed by atoms with Gasteiger partial charge in [0, 0.05) is 17.9 Å². The van der Waals surface area contributed by atoms with Gasteiger partial charge in [0.05, 0.1) is 6.04 Å². The second kappa shape index (κ2) is 5.73. The highest BCUT2D eigenvalue weighted by Gasteiger charge is 2.50. The monoisotopic (exact) mass is 275 g/mol. The van der Waals surface area contributed by atoms with E-state index < -0.39 is 0 Å². The van der Waals surface area contributed by atoms with E-state index in [9.17, 15) is 0 Å². The molecule has 0 spiro atoms. The zero-order valence-corrected chi connectivity index (χ0v) is 12.8. The predicted octanol–water partition coefficient (Wildman–Crippen LogP) is 2.55. The maximum atomic E-state index is 6.03. The fraction of sp³-hybridized carbons (Fsp3) is 0.562. The molecule has 4 heteroatoms. The van der Waals surface area contributed by atoms with Gasteiger partial charge in [-0.1, -0.05) is 32.0 Å². The van der Waals surface area contributed by atoms with Crippen LogP contribution in [0.3, 0.4) is 0 Å². The zero-order valence-electron chi connectivity index (χ0n) is 12.8. The number of rotatable bonds is 4. The molecule has 0 radical (unpaired) electrons. The summed E-state index contributed by atoms with van der Waals surface area (Å²) < 4.78 is 6.03. The highest BCUT2D eigenvalue weighted by molar-refractivity contribution is 5.78. The molecule has 0 aromatic heterocycles. The van der Waals surface area contributed by atoms with E-state index in [1.165, 1.54) is 0 Å². The number of guanidine groups is 1. The Morgan fingerprint density at radius 1 is 1.35 bits per heavy atom. The van der Waals surface area contributed by atoms with Crippen LogP contribution in [0.25, 0.3) is 0 Å². The van der Waals surface area contributed by atoms with Crippen LogP contribution in [0.2, 0.25) is 0 Å². The number of aliphatic imine (C=N–C) groups is 1. The number of hydrogen-bond donors (Lipinski definition) is 2. The van der Waals surface area contributed by atoms with Crippen LogP contribution in [0, 0.1) is 5.41 Å². The molecule has 1 saturated carbocycles. The summed E-state index contributed by atoms with van der Waals surface area (Å²) in [7, 11) is 0. The molecule has 1 aromatic rings. The number of ether oxygens (including phenoxy) is 1. The number of hydrogen-bond acceptors (Lipinski definition) is 2. The summed E-state index contributed by atoms with van der Waals surface area (Å²) in [5.41, 5.74) is 5.90. The van der Waals surface area contributed by atoms with Gasteiger partial charge in [0.25, 0.3) is 0 Å². The van der Waals surface area contributed by atoms with Gasteiger partial charge in [-0.05, 0) is 26.0 Å². The van der Waals surface area contributed by atoms with Crippen molar-refractivity contribution in [2.45, 2.75) is 52.3 Å². The lowest BCUT2D eigenvalue weighted by Gasteiger charge is -2.49. The normalized spacial score (nSPS) is 25.1. The number of benzene rings is 1. The summed E-state index contributed by atoms with van der Waals surface area (Å²) in [5.74, 6) is 1.44. The van der Waals surface area contributed by atoms with Crippen LogP contribution >= 0.6 is 0 Å². The molecular formula is C16H25N3O. The second-order valence-electron chi connectivity index (χ2n) is 6.31. The zero-order chi connectivity index (χ0) is 14.8. The third-order valence-corrected chi connectivity index (χ3v) is 3.88. The molecule has 3 N–H and O–H groups in total. The van der Waals surface area contributed by atoms with Crippen molar-refractivity contribution in [2.24, 2.45) is 16.1 Å². The molecule has 1 aliphatic rings. The number of para-hydroxylation sites is 1. The third kappa shape index (κ3) is 3.24. The number of nitrogens with zero attached hydrogens (tertiary/aromatic N) is 1. The van der Waals surface area contributed by atoms with Crippen LogP contribution in [0.4, 0.5) is 0 Å². The van der Waals surface area contributed by atoms with Crippen molar-refractivity contribution in [1.29, 1.82) is 0 Å². The smallest absolute Gasteiger partial charge is 0.189 e. The molecule has 0 amide bonds. The summed E-state index contributed by atoms with van der Waals surface area (Å²) in [5, 5.41) is 3.13. The van der Waals surface area contributed by atoms with Crippen LogP contribution in [-0.2, 0) is 0 Å². The lowest BCUT2D eigenvalue weighted by molar-refractivity contribution is -0.0391. The van der Waals surface area contributed by atoms with Crippen molar-refractivity contribution in [3.63, 3.8) is 0 Å². The van der Waals surface area contributed by atoms with Gasteiger partial charge in [-0.2, -0.15) is 0 Å². The van der Waals surface area contributed by atoms with E-state index >= 15 is 0 Å². The highest BCUT2D eigenvalue weighted by atomic mass is 16.5. The largest absolute Gasteiger partial charge is 0.490 e. The van der Waals surface area contributed by atoms with Gasteiger partial charge in [-0.15, -0.1) is 0 Å².